The maximum atomic E-state index is 10.3. The fourth-order valence-electron chi connectivity index (χ4n) is 1.32. The predicted molar refractivity (Wildman–Crippen MR) is 53.5 cm³/mol. The molecule has 0 aliphatic heterocycles. The smallest absolute Gasteiger partial charge is 0.290 e. The van der Waals surface area contributed by atoms with Crippen molar-refractivity contribution in [3.63, 3.8) is 0 Å². The van der Waals surface area contributed by atoms with Crippen LogP contribution in [0, 0.1) is 0 Å². The van der Waals surface area contributed by atoms with Crippen LogP contribution in [-0.4, -0.2) is 16.4 Å². The molecule has 0 unspecified atom stereocenters. The molecule has 0 aliphatic carbocycles. The van der Waals surface area contributed by atoms with Crippen molar-refractivity contribution in [2.24, 2.45) is 0 Å². The Hall–Kier alpha value is -1.97. The molecule has 0 amide bonds. The van der Waals surface area contributed by atoms with Gasteiger partial charge < -0.3 is 4.52 Å². The van der Waals surface area contributed by atoms with E-state index < -0.39 is 0 Å². The summed E-state index contributed by atoms with van der Waals surface area (Å²) in [6.07, 6.45) is 2.08. The zero-order chi connectivity index (χ0) is 10.5. The van der Waals surface area contributed by atoms with Crippen LogP contribution in [-0.2, 0) is 12.8 Å². The van der Waals surface area contributed by atoms with Crippen LogP contribution in [0.15, 0.2) is 34.9 Å². The van der Waals surface area contributed by atoms with Gasteiger partial charge in [0.2, 0.25) is 6.29 Å². The summed E-state index contributed by atoms with van der Waals surface area (Å²) in [5.41, 5.74) is 1.22. The normalized spacial score (nSPS) is 10.1. The third-order valence-corrected chi connectivity index (χ3v) is 2.06. The van der Waals surface area contributed by atoms with E-state index in [9.17, 15) is 4.79 Å². The van der Waals surface area contributed by atoms with E-state index in [1.54, 1.807) is 0 Å². The fraction of sp³-hybridized carbons (Fsp3) is 0.182. The minimum atomic E-state index is 0.0399. The van der Waals surface area contributed by atoms with Crippen LogP contribution in [0.3, 0.4) is 0 Å². The molecule has 0 saturated heterocycles. The monoisotopic (exact) mass is 202 g/mol. The number of hydrogen-bond acceptors (Lipinski definition) is 4. The van der Waals surface area contributed by atoms with Crippen LogP contribution in [0.5, 0.6) is 0 Å². The second kappa shape index (κ2) is 4.50. The molecule has 0 N–H and O–H groups in total. The first-order chi connectivity index (χ1) is 7.38. The van der Waals surface area contributed by atoms with Gasteiger partial charge in [0.25, 0.3) is 5.89 Å². The standard InChI is InChI=1S/C11H10N2O2/c14-8-11-12-10(13-15-11)7-6-9-4-2-1-3-5-9/h1-5,8H,6-7H2. The second-order valence-corrected chi connectivity index (χ2v) is 3.15. The van der Waals surface area contributed by atoms with E-state index in [2.05, 4.69) is 14.7 Å². The van der Waals surface area contributed by atoms with Crippen molar-refractivity contribution in [1.82, 2.24) is 10.1 Å². The van der Waals surface area contributed by atoms with E-state index >= 15 is 0 Å². The lowest BCUT2D eigenvalue weighted by Gasteiger charge is -1.96. The van der Waals surface area contributed by atoms with Crippen LogP contribution in [0.4, 0.5) is 0 Å². The number of hydrogen-bond donors (Lipinski definition) is 0. The second-order valence-electron chi connectivity index (χ2n) is 3.15. The molecule has 0 atom stereocenters. The van der Waals surface area contributed by atoms with Gasteiger partial charge in [0.15, 0.2) is 5.82 Å². The Labute approximate surface area is 86.9 Å². The Morgan fingerprint density at radius 2 is 2.00 bits per heavy atom. The van der Waals surface area contributed by atoms with Crippen molar-refractivity contribution >= 4 is 6.29 Å². The Morgan fingerprint density at radius 1 is 1.20 bits per heavy atom. The number of aldehydes is 1. The number of carbonyl (C=O) groups is 1. The quantitative estimate of drug-likeness (QED) is 0.707. The molecule has 2 rings (SSSR count). The van der Waals surface area contributed by atoms with Crippen molar-refractivity contribution in [3.05, 3.63) is 47.6 Å². The van der Waals surface area contributed by atoms with E-state index in [4.69, 9.17) is 0 Å². The first-order valence-electron chi connectivity index (χ1n) is 4.70. The highest BCUT2D eigenvalue weighted by Crippen LogP contribution is 2.04. The summed E-state index contributed by atoms with van der Waals surface area (Å²) in [6, 6.07) is 10.0. The van der Waals surface area contributed by atoms with E-state index in [1.807, 2.05) is 30.3 Å². The van der Waals surface area contributed by atoms with Gasteiger partial charge in [0.05, 0.1) is 0 Å². The lowest BCUT2D eigenvalue weighted by molar-refractivity contribution is 0.108. The van der Waals surface area contributed by atoms with Gasteiger partial charge >= 0.3 is 0 Å². The number of carbonyl (C=O) groups excluding carboxylic acids is 1. The summed E-state index contributed by atoms with van der Waals surface area (Å²) in [5, 5.41) is 3.68. The van der Waals surface area contributed by atoms with Crippen molar-refractivity contribution in [2.45, 2.75) is 12.8 Å². The van der Waals surface area contributed by atoms with Crippen LogP contribution >= 0.6 is 0 Å². The molecule has 15 heavy (non-hydrogen) atoms. The molecule has 76 valence electrons. The molecule has 2 aromatic rings. The molecule has 0 fully saturated rings. The number of rotatable bonds is 4. The van der Waals surface area contributed by atoms with E-state index in [-0.39, 0.29) is 5.89 Å². The molecule has 4 heteroatoms. The minimum absolute atomic E-state index is 0.0399. The Bertz CT molecular complexity index is 437. The first-order valence-corrected chi connectivity index (χ1v) is 4.70. The molecular weight excluding hydrogens is 192 g/mol. The zero-order valence-electron chi connectivity index (χ0n) is 8.09. The van der Waals surface area contributed by atoms with Gasteiger partial charge in [-0.3, -0.25) is 4.79 Å². The van der Waals surface area contributed by atoms with E-state index in [1.165, 1.54) is 5.56 Å². The number of benzene rings is 1. The first kappa shape index (κ1) is 9.58. The highest BCUT2D eigenvalue weighted by molar-refractivity contribution is 5.66. The van der Waals surface area contributed by atoms with Crippen molar-refractivity contribution in [3.8, 4) is 0 Å². The Kier molecular flexibility index (Phi) is 2.88. The minimum Gasteiger partial charge on any atom is -0.331 e. The van der Waals surface area contributed by atoms with Crippen molar-refractivity contribution in [2.75, 3.05) is 0 Å². The van der Waals surface area contributed by atoms with Gasteiger partial charge in [0, 0.05) is 6.42 Å². The number of nitrogens with zero attached hydrogens (tertiary/aromatic N) is 2. The van der Waals surface area contributed by atoms with Gasteiger partial charge in [-0.2, -0.15) is 4.98 Å². The molecule has 1 aromatic carbocycles. The molecule has 0 bridgehead atoms. The van der Waals surface area contributed by atoms with Crippen LogP contribution in [0.25, 0.3) is 0 Å². The van der Waals surface area contributed by atoms with Crippen molar-refractivity contribution in [1.29, 1.82) is 0 Å². The summed E-state index contributed by atoms with van der Waals surface area (Å²) in [7, 11) is 0. The Balaban J connectivity index is 1.96. The maximum absolute atomic E-state index is 10.3. The summed E-state index contributed by atoms with van der Waals surface area (Å²) in [6.45, 7) is 0. The van der Waals surface area contributed by atoms with E-state index in [0.29, 0.717) is 18.5 Å². The largest absolute Gasteiger partial charge is 0.331 e. The van der Waals surface area contributed by atoms with Crippen LogP contribution in [0.2, 0.25) is 0 Å². The van der Waals surface area contributed by atoms with Crippen LogP contribution in [0.1, 0.15) is 22.1 Å². The molecule has 0 radical (unpaired) electrons. The summed E-state index contributed by atoms with van der Waals surface area (Å²) < 4.78 is 4.67. The molecule has 4 nitrogen and oxygen atoms in total. The maximum Gasteiger partial charge on any atom is 0.290 e. The molecule has 1 aromatic heterocycles. The van der Waals surface area contributed by atoms with Gasteiger partial charge in [-0.1, -0.05) is 35.5 Å². The topological polar surface area (TPSA) is 56.0 Å². The summed E-state index contributed by atoms with van der Waals surface area (Å²) in [4.78, 5) is 14.2. The average Bonchev–Trinajstić information content (AvgIpc) is 2.76. The van der Waals surface area contributed by atoms with Gasteiger partial charge in [-0.15, -0.1) is 0 Å². The van der Waals surface area contributed by atoms with E-state index in [0.717, 1.165) is 6.42 Å². The lowest BCUT2D eigenvalue weighted by atomic mass is 10.1. The van der Waals surface area contributed by atoms with Gasteiger partial charge in [-0.25, -0.2) is 0 Å². The molecule has 0 spiro atoms. The average molecular weight is 202 g/mol. The summed E-state index contributed by atoms with van der Waals surface area (Å²) >= 11 is 0. The highest BCUT2D eigenvalue weighted by Gasteiger charge is 2.04. The predicted octanol–water partition coefficient (Wildman–Crippen LogP) is 1.67. The van der Waals surface area contributed by atoms with Gasteiger partial charge in [-0.05, 0) is 12.0 Å². The third kappa shape index (κ3) is 2.49. The molecule has 0 saturated carbocycles. The molecule has 0 aliphatic rings. The highest BCUT2D eigenvalue weighted by atomic mass is 16.5. The lowest BCUT2D eigenvalue weighted by Crippen LogP contribution is -1.93. The third-order valence-electron chi connectivity index (χ3n) is 2.06. The van der Waals surface area contributed by atoms with Gasteiger partial charge in [0.1, 0.15) is 0 Å². The number of aromatic nitrogens is 2. The molecular formula is C11H10N2O2. The fourth-order valence-corrected chi connectivity index (χ4v) is 1.32. The molecule has 1 heterocycles. The van der Waals surface area contributed by atoms with Crippen molar-refractivity contribution < 1.29 is 9.32 Å². The van der Waals surface area contributed by atoms with Crippen LogP contribution < -0.4 is 0 Å². The Morgan fingerprint density at radius 3 is 2.67 bits per heavy atom. The SMILES string of the molecule is O=Cc1nc(CCc2ccccc2)no1. The zero-order valence-corrected chi connectivity index (χ0v) is 8.09. The number of aryl methyl sites for hydroxylation is 2. The summed E-state index contributed by atoms with van der Waals surface area (Å²) in [5.74, 6) is 0.610.